The summed E-state index contributed by atoms with van der Waals surface area (Å²) >= 11 is 4.91. The molecule has 0 atom stereocenters. The molecule has 0 aliphatic rings. The molecule has 94 valence electrons. The second-order valence-corrected chi connectivity index (χ2v) is 3.75. The van der Waals surface area contributed by atoms with Gasteiger partial charge in [-0.05, 0) is 36.0 Å². The van der Waals surface area contributed by atoms with Gasteiger partial charge in [0, 0.05) is 0 Å². The molecule has 8 nitrogen and oxygen atoms in total. The number of nitrogens with one attached hydrogen (secondary N) is 1. The second-order valence-electron chi connectivity index (χ2n) is 3.38. The smallest absolute Gasteiger partial charge is 0.335 e. The van der Waals surface area contributed by atoms with Crippen molar-refractivity contribution in [1.82, 2.24) is 20.2 Å². The van der Waals surface area contributed by atoms with Crippen molar-refractivity contribution in [2.24, 2.45) is 0 Å². The first-order valence-corrected chi connectivity index (χ1v) is 5.16. The second kappa shape index (κ2) is 5.04. The van der Waals surface area contributed by atoms with E-state index < -0.39 is 5.97 Å². The minimum Gasteiger partial charge on any atom is -0.478 e. The highest BCUT2D eigenvalue weighted by atomic mass is 32.1. The number of nitrogens with zero attached hydrogens (tertiary/aromatic N) is 3. The number of carboxylic acids is 1. The monoisotopic (exact) mass is 268 g/mol. The van der Waals surface area contributed by atoms with Crippen LogP contribution in [0.5, 0.6) is 0 Å². The van der Waals surface area contributed by atoms with Gasteiger partial charge in [0.25, 0.3) is 0 Å². The van der Waals surface area contributed by atoms with E-state index in [2.05, 4.69) is 20.4 Å². The molecule has 0 bridgehead atoms. The number of aromatic carboxylic acids is 1. The van der Waals surface area contributed by atoms with Crippen molar-refractivity contribution in [3.63, 3.8) is 0 Å². The van der Waals surface area contributed by atoms with Gasteiger partial charge in [0.15, 0.2) is 0 Å². The number of tetrazole rings is 1. The maximum absolute atomic E-state index is 11.0. The van der Waals surface area contributed by atoms with Gasteiger partial charge in [-0.25, -0.2) is 14.4 Å². The van der Waals surface area contributed by atoms with E-state index in [9.17, 15) is 4.79 Å². The largest absolute Gasteiger partial charge is 0.478 e. The first-order chi connectivity index (χ1) is 8.61. The van der Waals surface area contributed by atoms with Gasteiger partial charge in [0.2, 0.25) is 4.77 Å². The van der Waals surface area contributed by atoms with Crippen LogP contribution in [-0.2, 0) is 11.5 Å². The lowest BCUT2D eigenvalue weighted by Gasteiger charge is -2.06. The quantitative estimate of drug-likeness (QED) is 0.431. The first-order valence-electron chi connectivity index (χ1n) is 4.76. The maximum Gasteiger partial charge on any atom is 0.335 e. The van der Waals surface area contributed by atoms with Gasteiger partial charge in [-0.1, -0.05) is 10.3 Å². The van der Waals surface area contributed by atoms with E-state index in [0.29, 0.717) is 11.3 Å². The van der Waals surface area contributed by atoms with Gasteiger partial charge in [-0.3, -0.25) is 5.26 Å². The number of aromatic nitrogens is 4. The summed E-state index contributed by atoms with van der Waals surface area (Å²) in [7, 11) is 0. The molecule has 0 aliphatic carbocycles. The Morgan fingerprint density at radius 2 is 2.28 bits per heavy atom. The predicted molar refractivity (Wildman–Crippen MR) is 60.9 cm³/mol. The van der Waals surface area contributed by atoms with Gasteiger partial charge >= 0.3 is 5.97 Å². The fourth-order valence-electron chi connectivity index (χ4n) is 1.45. The highest BCUT2D eigenvalue weighted by molar-refractivity contribution is 7.71. The number of aromatic amines is 1. The molecule has 3 N–H and O–H groups in total. The lowest BCUT2D eigenvalue weighted by Crippen LogP contribution is -2.04. The molecular formula is C9H8N4O4S. The summed E-state index contributed by atoms with van der Waals surface area (Å²) in [5, 5.41) is 27.0. The van der Waals surface area contributed by atoms with Crippen LogP contribution in [0.1, 0.15) is 15.9 Å². The van der Waals surface area contributed by atoms with Crippen LogP contribution < -0.4 is 0 Å². The van der Waals surface area contributed by atoms with Gasteiger partial charge in [0.1, 0.15) is 6.61 Å². The van der Waals surface area contributed by atoms with Crippen molar-refractivity contribution in [3.05, 3.63) is 34.1 Å². The summed E-state index contributed by atoms with van der Waals surface area (Å²) in [6.45, 7) is -0.136. The Morgan fingerprint density at radius 1 is 1.50 bits per heavy atom. The fraction of sp³-hybridized carbons (Fsp3) is 0.111. The van der Waals surface area contributed by atoms with Crippen LogP contribution in [0.15, 0.2) is 18.2 Å². The van der Waals surface area contributed by atoms with Crippen LogP contribution in [0, 0.1) is 4.77 Å². The molecule has 2 aromatic rings. The maximum atomic E-state index is 11.0. The Kier molecular flexibility index (Phi) is 3.46. The molecule has 0 aliphatic heterocycles. The molecule has 0 saturated carbocycles. The van der Waals surface area contributed by atoms with Crippen LogP contribution in [0.4, 0.5) is 0 Å². The lowest BCUT2D eigenvalue weighted by molar-refractivity contribution is -0.253. The van der Waals surface area contributed by atoms with E-state index in [1.807, 2.05) is 0 Å². The minimum atomic E-state index is -1.10. The van der Waals surface area contributed by atoms with Crippen molar-refractivity contribution < 1.29 is 20.0 Å². The zero-order valence-electron chi connectivity index (χ0n) is 8.90. The van der Waals surface area contributed by atoms with Crippen molar-refractivity contribution >= 4 is 18.2 Å². The number of H-pyrrole nitrogens is 1. The van der Waals surface area contributed by atoms with Gasteiger partial charge in [-0.15, -0.1) is 0 Å². The minimum absolute atomic E-state index is 0.0380. The third kappa shape index (κ3) is 2.42. The number of benzene rings is 1. The Labute approximate surface area is 105 Å². The average Bonchev–Trinajstić information content (AvgIpc) is 2.75. The number of rotatable bonds is 4. The van der Waals surface area contributed by atoms with Crippen LogP contribution in [0.2, 0.25) is 0 Å². The van der Waals surface area contributed by atoms with Crippen LogP contribution >= 0.6 is 12.2 Å². The third-order valence-electron chi connectivity index (χ3n) is 2.19. The van der Waals surface area contributed by atoms with Gasteiger partial charge in [-0.2, -0.15) is 5.21 Å². The fourth-order valence-corrected chi connectivity index (χ4v) is 1.64. The third-order valence-corrected chi connectivity index (χ3v) is 2.45. The van der Waals surface area contributed by atoms with Crippen molar-refractivity contribution in [1.29, 1.82) is 0 Å². The van der Waals surface area contributed by atoms with E-state index in [1.165, 1.54) is 16.8 Å². The molecule has 9 heteroatoms. The molecule has 1 aromatic carbocycles. The van der Waals surface area contributed by atoms with E-state index in [0.717, 1.165) is 0 Å². The molecular weight excluding hydrogens is 260 g/mol. The average molecular weight is 268 g/mol. The Morgan fingerprint density at radius 3 is 2.83 bits per heavy atom. The molecule has 0 fully saturated rings. The topological polar surface area (TPSA) is 113 Å². The normalized spacial score (nSPS) is 10.5. The molecule has 0 amide bonds. The molecule has 2 rings (SSSR count). The zero-order valence-corrected chi connectivity index (χ0v) is 9.72. The number of hydrogen-bond donors (Lipinski definition) is 3. The Bertz CT molecular complexity index is 635. The summed E-state index contributed by atoms with van der Waals surface area (Å²) < 4.78 is 1.50. The number of carboxylic acid groups (broad SMARTS) is 1. The van der Waals surface area contributed by atoms with E-state index >= 15 is 0 Å². The summed E-state index contributed by atoms with van der Waals surface area (Å²) in [5.74, 6) is -1.10. The molecule has 1 heterocycles. The van der Waals surface area contributed by atoms with Crippen LogP contribution in [0.25, 0.3) is 5.69 Å². The number of hydrogen-bond acceptors (Lipinski definition) is 6. The highest BCUT2D eigenvalue weighted by Crippen LogP contribution is 2.14. The van der Waals surface area contributed by atoms with Gasteiger partial charge < -0.3 is 5.11 Å². The molecule has 1 aromatic heterocycles. The standard InChI is InChI=1S/C9H8N4O4S/c14-8(15)6-1-5(4-17-16)2-7(3-6)13-9(18)10-11-12-13/h1-3,16H,4H2,(H,14,15)(H,10,12,18). The highest BCUT2D eigenvalue weighted by Gasteiger charge is 2.09. The SMILES string of the molecule is O=C(O)c1cc(COO)cc(-n2[nH]nnc2=S)c1. The predicted octanol–water partition coefficient (Wildman–Crippen LogP) is 1.01. The molecule has 0 unspecified atom stereocenters. The summed E-state index contributed by atoms with van der Waals surface area (Å²) in [6.07, 6.45) is 0. The van der Waals surface area contributed by atoms with Gasteiger partial charge in [0.05, 0.1) is 11.3 Å². The summed E-state index contributed by atoms with van der Waals surface area (Å²) in [4.78, 5) is 15.0. The summed E-state index contributed by atoms with van der Waals surface area (Å²) in [5.41, 5.74) is 0.955. The lowest BCUT2D eigenvalue weighted by atomic mass is 10.1. The van der Waals surface area contributed by atoms with Crippen LogP contribution in [0.3, 0.4) is 0 Å². The van der Waals surface area contributed by atoms with Crippen molar-refractivity contribution in [3.8, 4) is 5.69 Å². The Balaban J connectivity index is 2.56. The van der Waals surface area contributed by atoms with Crippen molar-refractivity contribution in [2.45, 2.75) is 6.61 Å². The van der Waals surface area contributed by atoms with Crippen molar-refractivity contribution in [2.75, 3.05) is 0 Å². The molecule has 18 heavy (non-hydrogen) atoms. The zero-order chi connectivity index (χ0) is 13.1. The molecule has 0 saturated heterocycles. The van der Waals surface area contributed by atoms with E-state index in [4.69, 9.17) is 22.6 Å². The molecule has 0 radical (unpaired) electrons. The van der Waals surface area contributed by atoms with E-state index in [-0.39, 0.29) is 16.9 Å². The number of carbonyl (C=O) groups is 1. The first kappa shape index (κ1) is 12.4. The summed E-state index contributed by atoms with van der Waals surface area (Å²) in [6, 6.07) is 4.38. The van der Waals surface area contributed by atoms with E-state index in [1.54, 1.807) is 6.07 Å². The molecule has 0 spiro atoms. The van der Waals surface area contributed by atoms with Crippen LogP contribution in [-0.4, -0.2) is 36.5 Å². The Hall–Kier alpha value is -2.10.